The molecule has 0 amide bonds. The molecule has 0 aliphatic heterocycles. The molecule has 27 heavy (non-hydrogen) atoms. The fourth-order valence-electron chi connectivity index (χ4n) is 3.69. The Hall–Kier alpha value is -3.40. The normalized spacial score (nSPS) is 11.5. The number of aryl methyl sites for hydroxylation is 2. The van der Waals surface area contributed by atoms with Gasteiger partial charge in [0.1, 0.15) is 24.1 Å². The van der Waals surface area contributed by atoms with Gasteiger partial charge in [0.2, 0.25) is 11.1 Å². The van der Waals surface area contributed by atoms with Gasteiger partial charge in [0.15, 0.2) is 0 Å². The van der Waals surface area contributed by atoms with Crippen LogP contribution in [0, 0.1) is 12.7 Å². The third-order valence-electron chi connectivity index (χ3n) is 5.11. The van der Waals surface area contributed by atoms with Crippen LogP contribution in [-0.4, -0.2) is 0 Å². The first-order valence-corrected chi connectivity index (χ1v) is 8.88. The summed E-state index contributed by atoms with van der Waals surface area (Å²) in [7, 11) is 2.04. The molecule has 132 valence electrons. The number of furan rings is 1. The maximum absolute atomic E-state index is 14.1. The van der Waals surface area contributed by atoms with Crippen LogP contribution >= 0.6 is 0 Å². The van der Waals surface area contributed by atoms with E-state index in [-0.39, 0.29) is 5.82 Å². The molecule has 2 aromatic heterocycles. The number of hydrogen-bond acceptors (Lipinski definition) is 2. The van der Waals surface area contributed by atoms with Gasteiger partial charge >= 0.3 is 0 Å². The Labute approximate surface area is 155 Å². The van der Waals surface area contributed by atoms with Crippen LogP contribution in [0.2, 0.25) is 0 Å². The highest BCUT2D eigenvalue weighted by Crippen LogP contribution is 2.37. The molecule has 5 aromatic rings. The number of para-hydroxylation sites is 2. The second-order valence-electron chi connectivity index (χ2n) is 6.82. The van der Waals surface area contributed by atoms with Crippen LogP contribution in [0.1, 0.15) is 5.56 Å². The standard InChI is InChI=1S/C23H17FN2O/c1-14-11-12-15(13-18(14)24)25-21-16-7-3-5-9-19(16)26(2)22-17-8-4-6-10-20(17)27-23(21)22/h3-13H,1-2H3/p+1. The molecule has 2 heterocycles. The second kappa shape index (κ2) is 5.81. The third kappa shape index (κ3) is 2.37. The summed E-state index contributed by atoms with van der Waals surface area (Å²) < 4.78 is 22.4. The second-order valence-corrected chi connectivity index (χ2v) is 6.82. The molecule has 0 bridgehead atoms. The van der Waals surface area contributed by atoms with Crippen LogP contribution < -0.4 is 9.88 Å². The molecular formula is C23H18FN2O+. The minimum absolute atomic E-state index is 0.230. The van der Waals surface area contributed by atoms with E-state index in [1.807, 2.05) is 43.4 Å². The number of aromatic nitrogens is 1. The first kappa shape index (κ1) is 15.8. The van der Waals surface area contributed by atoms with Crippen molar-refractivity contribution in [1.82, 2.24) is 0 Å². The quantitative estimate of drug-likeness (QED) is 0.407. The summed E-state index contributed by atoms with van der Waals surface area (Å²) in [5.74, 6) is -0.230. The van der Waals surface area contributed by atoms with Gasteiger partial charge in [-0.1, -0.05) is 30.3 Å². The van der Waals surface area contributed by atoms with Crippen molar-refractivity contribution in [2.75, 3.05) is 5.32 Å². The van der Waals surface area contributed by atoms with Crippen LogP contribution in [0.25, 0.3) is 33.0 Å². The van der Waals surface area contributed by atoms with E-state index in [4.69, 9.17) is 4.42 Å². The zero-order valence-electron chi connectivity index (χ0n) is 15.1. The van der Waals surface area contributed by atoms with E-state index in [1.54, 1.807) is 13.0 Å². The van der Waals surface area contributed by atoms with Gasteiger partial charge in [-0.3, -0.25) is 0 Å². The summed E-state index contributed by atoms with van der Waals surface area (Å²) in [6.45, 7) is 1.76. The van der Waals surface area contributed by atoms with Crippen molar-refractivity contribution in [2.45, 2.75) is 6.92 Å². The highest BCUT2D eigenvalue weighted by molar-refractivity contribution is 6.11. The van der Waals surface area contributed by atoms with Gasteiger partial charge in [-0.15, -0.1) is 0 Å². The van der Waals surface area contributed by atoms with Gasteiger partial charge < -0.3 is 9.73 Å². The molecule has 0 fully saturated rings. The Kier molecular flexibility index (Phi) is 3.41. The SMILES string of the molecule is Cc1ccc(Nc2c3ccccc3[n+](C)c3c2oc2ccccc23)cc1F. The van der Waals surface area contributed by atoms with E-state index < -0.39 is 0 Å². The summed E-state index contributed by atoms with van der Waals surface area (Å²) in [6.07, 6.45) is 0. The minimum atomic E-state index is -0.230. The zero-order chi connectivity index (χ0) is 18.5. The molecule has 0 atom stereocenters. The van der Waals surface area contributed by atoms with Gasteiger partial charge in [0.25, 0.3) is 5.52 Å². The number of benzene rings is 3. The lowest BCUT2D eigenvalue weighted by Crippen LogP contribution is -2.30. The summed E-state index contributed by atoms with van der Waals surface area (Å²) in [6, 6.07) is 21.3. The highest BCUT2D eigenvalue weighted by atomic mass is 19.1. The van der Waals surface area contributed by atoms with Crippen LogP contribution in [0.15, 0.2) is 71.1 Å². The molecule has 3 nitrogen and oxygen atoms in total. The lowest BCUT2D eigenvalue weighted by molar-refractivity contribution is -0.616. The molecule has 0 saturated carbocycles. The molecule has 0 aliphatic rings. The maximum atomic E-state index is 14.1. The predicted molar refractivity (Wildman–Crippen MR) is 107 cm³/mol. The number of rotatable bonds is 2. The van der Waals surface area contributed by atoms with E-state index in [0.29, 0.717) is 11.3 Å². The largest absolute Gasteiger partial charge is 0.447 e. The Morgan fingerprint density at radius 2 is 1.67 bits per heavy atom. The van der Waals surface area contributed by atoms with E-state index in [1.165, 1.54) is 6.07 Å². The van der Waals surface area contributed by atoms with Crippen molar-refractivity contribution >= 4 is 44.3 Å². The number of anilines is 2. The Balaban J connectivity index is 1.88. The average molecular weight is 357 g/mol. The number of nitrogens with one attached hydrogen (secondary N) is 1. The van der Waals surface area contributed by atoms with Gasteiger partial charge in [0, 0.05) is 11.8 Å². The lowest BCUT2D eigenvalue weighted by atomic mass is 10.1. The monoisotopic (exact) mass is 357 g/mol. The van der Waals surface area contributed by atoms with Gasteiger partial charge in [-0.05, 0) is 42.8 Å². The highest BCUT2D eigenvalue weighted by Gasteiger charge is 2.24. The summed E-state index contributed by atoms with van der Waals surface area (Å²) >= 11 is 0. The van der Waals surface area contributed by atoms with Gasteiger partial charge in [-0.2, -0.15) is 4.57 Å². The smallest absolute Gasteiger partial charge is 0.261 e. The summed E-state index contributed by atoms with van der Waals surface area (Å²) in [5, 5.41) is 5.47. The predicted octanol–water partition coefficient (Wildman–Crippen LogP) is 5.75. The first-order chi connectivity index (χ1) is 13.1. The van der Waals surface area contributed by atoms with Crippen molar-refractivity contribution in [2.24, 2.45) is 7.05 Å². The van der Waals surface area contributed by atoms with Crippen molar-refractivity contribution in [1.29, 1.82) is 0 Å². The number of fused-ring (bicyclic) bond motifs is 4. The molecule has 0 unspecified atom stereocenters. The maximum Gasteiger partial charge on any atom is 0.261 e. The first-order valence-electron chi connectivity index (χ1n) is 8.88. The van der Waals surface area contributed by atoms with E-state index >= 15 is 0 Å². The van der Waals surface area contributed by atoms with Crippen molar-refractivity contribution < 1.29 is 13.4 Å². The Bertz CT molecular complexity index is 1340. The fourth-order valence-corrected chi connectivity index (χ4v) is 3.69. The molecule has 3 aromatic carbocycles. The number of pyridine rings is 1. The molecule has 0 aliphatic carbocycles. The molecule has 1 N–H and O–H groups in total. The van der Waals surface area contributed by atoms with Gasteiger partial charge in [-0.25, -0.2) is 4.39 Å². The fraction of sp³-hybridized carbons (Fsp3) is 0.0870. The molecule has 4 heteroatoms. The molecule has 0 spiro atoms. The van der Waals surface area contributed by atoms with Gasteiger partial charge in [0.05, 0.1) is 10.8 Å². The average Bonchev–Trinajstić information content (AvgIpc) is 3.07. The Morgan fingerprint density at radius 1 is 0.926 bits per heavy atom. The van der Waals surface area contributed by atoms with Crippen molar-refractivity contribution in [3.63, 3.8) is 0 Å². The van der Waals surface area contributed by atoms with Crippen LogP contribution in [0.3, 0.4) is 0 Å². The Morgan fingerprint density at radius 3 is 2.48 bits per heavy atom. The molecule has 5 rings (SSSR count). The van der Waals surface area contributed by atoms with Crippen LogP contribution in [-0.2, 0) is 7.05 Å². The van der Waals surface area contributed by atoms with E-state index in [2.05, 4.69) is 28.1 Å². The molecule has 0 radical (unpaired) electrons. The minimum Gasteiger partial charge on any atom is -0.447 e. The number of halogens is 1. The summed E-state index contributed by atoms with van der Waals surface area (Å²) in [4.78, 5) is 0. The lowest BCUT2D eigenvalue weighted by Gasteiger charge is -2.10. The zero-order valence-corrected chi connectivity index (χ0v) is 15.1. The topological polar surface area (TPSA) is 29.1 Å². The third-order valence-corrected chi connectivity index (χ3v) is 5.11. The molecule has 0 saturated heterocycles. The van der Waals surface area contributed by atoms with Crippen LogP contribution in [0.5, 0.6) is 0 Å². The number of nitrogens with zero attached hydrogens (tertiary/aromatic N) is 1. The van der Waals surface area contributed by atoms with E-state index in [0.717, 1.165) is 38.7 Å². The van der Waals surface area contributed by atoms with Crippen molar-refractivity contribution in [3.8, 4) is 0 Å². The van der Waals surface area contributed by atoms with Crippen molar-refractivity contribution in [3.05, 3.63) is 78.1 Å². The van der Waals surface area contributed by atoms with E-state index in [9.17, 15) is 4.39 Å². The summed E-state index contributed by atoms with van der Waals surface area (Å²) in [5.41, 5.74) is 5.84. The molecular weight excluding hydrogens is 339 g/mol. The van der Waals surface area contributed by atoms with Crippen LogP contribution in [0.4, 0.5) is 15.8 Å². The number of hydrogen-bond donors (Lipinski definition) is 1.